The Morgan fingerprint density at radius 2 is 1.82 bits per heavy atom. The monoisotopic (exact) mass is 226 g/mol. The van der Waals surface area contributed by atoms with Crippen LogP contribution in [0.25, 0.3) is 0 Å². The maximum atomic E-state index is 5.68. The SMILES string of the molecule is C#CC1=CC=C(C)C2CC3(CCCCC3)CC12. The highest BCUT2D eigenvalue weighted by atomic mass is 14.5. The summed E-state index contributed by atoms with van der Waals surface area (Å²) < 4.78 is 0. The molecule has 3 aliphatic carbocycles. The maximum absolute atomic E-state index is 5.68. The molecule has 17 heavy (non-hydrogen) atoms. The van der Waals surface area contributed by atoms with E-state index in [9.17, 15) is 0 Å². The van der Waals surface area contributed by atoms with Crippen LogP contribution in [-0.4, -0.2) is 0 Å². The third kappa shape index (κ3) is 1.77. The van der Waals surface area contributed by atoms with Crippen LogP contribution in [0.2, 0.25) is 0 Å². The van der Waals surface area contributed by atoms with Crippen LogP contribution in [0.5, 0.6) is 0 Å². The molecule has 0 bridgehead atoms. The van der Waals surface area contributed by atoms with E-state index in [1.165, 1.54) is 50.5 Å². The fourth-order valence-electron chi connectivity index (χ4n) is 4.44. The minimum Gasteiger partial charge on any atom is -0.115 e. The van der Waals surface area contributed by atoms with Gasteiger partial charge in [-0.3, -0.25) is 0 Å². The number of terminal acetylenes is 1. The maximum Gasteiger partial charge on any atom is 0.00547 e. The normalized spacial score (nSPS) is 34.8. The summed E-state index contributed by atoms with van der Waals surface area (Å²) in [6, 6.07) is 0. The first kappa shape index (κ1) is 11.1. The molecular formula is C17H22. The van der Waals surface area contributed by atoms with Crippen molar-refractivity contribution in [3.63, 3.8) is 0 Å². The summed E-state index contributed by atoms with van der Waals surface area (Å²) >= 11 is 0. The van der Waals surface area contributed by atoms with Crippen LogP contribution in [0.3, 0.4) is 0 Å². The number of hydrogen-bond donors (Lipinski definition) is 0. The van der Waals surface area contributed by atoms with Crippen molar-refractivity contribution in [2.45, 2.75) is 51.9 Å². The molecule has 0 nitrogen and oxygen atoms in total. The van der Waals surface area contributed by atoms with Gasteiger partial charge in [0.2, 0.25) is 0 Å². The van der Waals surface area contributed by atoms with E-state index < -0.39 is 0 Å². The second-order valence-corrected chi connectivity index (χ2v) is 6.36. The second-order valence-electron chi connectivity index (χ2n) is 6.36. The Kier molecular flexibility index (Phi) is 2.66. The Hall–Kier alpha value is -0.960. The first-order valence-corrected chi connectivity index (χ1v) is 7.09. The zero-order valence-corrected chi connectivity index (χ0v) is 10.8. The summed E-state index contributed by atoms with van der Waals surface area (Å²) in [6.45, 7) is 2.29. The van der Waals surface area contributed by atoms with Gasteiger partial charge in [0.15, 0.2) is 0 Å². The summed E-state index contributed by atoms with van der Waals surface area (Å²) in [5.41, 5.74) is 3.47. The lowest BCUT2D eigenvalue weighted by Crippen LogP contribution is -2.20. The second kappa shape index (κ2) is 4.05. The van der Waals surface area contributed by atoms with Crippen LogP contribution in [0.15, 0.2) is 23.3 Å². The third-order valence-electron chi connectivity index (χ3n) is 5.38. The quantitative estimate of drug-likeness (QED) is 0.534. The molecule has 2 atom stereocenters. The van der Waals surface area contributed by atoms with Gasteiger partial charge in [-0.2, -0.15) is 0 Å². The minimum absolute atomic E-state index is 0.642. The number of allylic oxidation sites excluding steroid dienone is 4. The van der Waals surface area contributed by atoms with Gasteiger partial charge in [0, 0.05) is 5.57 Å². The van der Waals surface area contributed by atoms with Crippen LogP contribution < -0.4 is 0 Å². The van der Waals surface area contributed by atoms with E-state index in [0.29, 0.717) is 11.3 Å². The van der Waals surface area contributed by atoms with Crippen molar-refractivity contribution in [3.05, 3.63) is 23.3 Å². The van der Waals surface area contributed by atoms with Gasteiger partial charge in [-0.25, -0.2) is 0 Å². The van der Waals surface area contributed by atoms with Gasteiger partial charge in [0.05, 0.1) is 0 Å². The molecule has 0 aliphatic heterocycles. The van der Waals surface area contributed by atoms with Crippen LogP contribution >= 0.6 is 0 Å². The molecule has 0 N–H and O–H groups in total. The van der Waals surface area contributed by atoms with Crippen molar-refractivity contribution in [1.82, 2.24) is 0 Å². The number of hydrogen-bond acceptors (Lipinski definition) is 0. The van der Waals surface area contributed by atoms with Crippen LogP contribution in [0.1, 0.15) is 51.9 Å². The molecule has 2 saturated carbocycles. The molecule has 1 spiro atoms. The fourth-order valence-corrected chi connectivity index (χ4v) is 4.44. The van der Waals surface area contributed by atoms with Crippen molar-refractivity contribution < 1.29 is 0 Å². The summed E-state index contributed by atoms with van der Waals surface area (Å²) in [6.07, 6.45) is 20.1. The summed E-state index contributed by atoms with van der Waals surface area (Å²) in [4.78, 5) is 0. The zero-order valence-electron chi connectivity index (χ0n) is 10.8. The molecule has 0 heteroatoms. The molecule has 90 valence electrons. The largest absolute Gasteiger partial charge is 0.115 e. The average Bonchev–Trinajstić information content (AvgIpc) is 2.71. The van der Waals surface area contributed by atoms with Crippen LogP contribution in [0.4, 0.5) is 0 Å². The average molecular weight is 226 g/mol. The number of rotatable bonds is 0. The fraction of sp³-hybridized carbons (Fsp3) is 0.647. The predicted molar refractivity (Wildman–Crippen MR) is 72.4 cm³/mol. The molecule has 0 amide bonds. The summed E-state index contributed by atoms with van der Waals surface area (Å²) in [5, 5.41) is 0. The van der Waals surface area contributed by atoms with E-state index >= 15 is 0 Å². The minimum atomic E-state index is 0.642. The highest BCUT2D eigenvalue weighted by Gasteiger charge is 2.47. The Balaban J connectivity index is 1.88. The molecule has 2 unspecified atom stereocenters. The molecule has 0 aromatic heterocycles. The van der Waals surface area contributed by atoms with Crippen molar-refractivity contribution >= 4 is 0 Å². The Morgan fingerprint density at radius 3 is 2.53 bits per heavy atom. The molecule has 3 rings (SSSR count). The molecular weight excluding hydrogens is 204 g/mol. The molecule has 0 aromatic carbocycles. The van der Waals surface area contributed by atoms with Crippen molar-refractivity contribution in [3.8, 4) is 12.3 Å². The zero-order chi connectivity index (χ0) is 11.9. The standard InChI is InChI=1S/C17H22/c1-3-14-8-7-13(2)15-11-17(12-16(14)15)9-5-4-6-10-17/h1,7-8,15-16H,4-6,9-12H2,2H3. The molecule has 2 fully saturated rings. The Bertz CT molecular complexity index is 410. The van der Waals surface area contributed by atoms with Gasteiger partial charge in [0.25, 0.3) is 0 Å². The molecule has 0 heterocycles. The van der Waals surface area contributed by atoms with Gasteiger partial charge in [0.1, 0.15) is 0 Å². The van der Waals surface area contributed by atoms with Gasteiger partial charge >= 0.3 is 0 Å². The predicted octanol–water partition coefficient (Wildman–Crippen LogP) is 4.48. The Morgan fingerprint density at radius 1 is 1.12 bits per heavy atom. The van der Waals surface area contributed by atoms with Crippen molar-refractivity contribution in [2.75, 3.05) is 0 Å². The van der Waals surface area contributed by atoms with Crippen molar-refractivity contribution in [1.29, 1.82) is 0 Å². The van der Waals surface area contributed by atoms with Gasteiger partial charge in [-0.1, -0.05) is 42.9 Å². The van der Waals surface area contributed by atoms with Gasteiger partial charge in [-0.15, -0.1) is 6.42 Å². The molecule has 0 saturated heterocycles. The lowest BCUT2D eigenvalue weighted by molar-refractivity contribution is 0.189. The lowest BCUT2D eigenvalue weighted by atomic mass is 9.72. The third-order valence-corrected chi connectivity index (χ3v) is 5.38. The van der Waals surface area contributed by atoms with E-state index in [1.54, 1.807) is 5.57 Å². The molecule has 0 radical (unpaired) electrons. The van der Waals surface area contributed by atoms with Gasteiger partial charge in [-0.05, 0) is 49.9 Å². The van der Waals surface area contributed by atoms with Crippen molar-refractivity contribution in [2.24, 2.45) is 17.3 Å². The Labute approximate surface area is 105 Å². The van der Waals surface area contributed by atoms with E-state index in [2.05, 4.69) is 25.0 Å². The van der Waals surface area contributed by atoms with E-state index in [1.807, 2.05) is 0 Å². The van der Waals surface area contributed by atoms with Crippen LogP contribution in [-0.2, 0) is 0 Å². The highest BCUT2D eigenvalue weighted by molar-refractivity contribution is 5.40. The van der Waals surface area contributed by atoms with Crippen LogP contribution in [0, 0.1) is 29.6 Å². The summed E-state index contributed by atoms with van der Waals surface area (Å²) in [5.74, 6) is 4.36. The molecule has 3 aliphatic rings. The molecule has 0 aromatic rings. The van der Waals surface area contributed by atoms with E-state index in [0.717, 1.165) is 5.92 Å². The summed E-state index contributed by atoms with van der Waals surface area (Å²) in [7, 11) is 0. The highest BCUT2D eigenvalue weighted by Crippen LogP contribution is 2.58. The lowest BCUT2D eigenvalue weighted by Gasteiger charge is -2.33. The topological polar surface area (TPSA) is 0 Å². The number of fused-ring (bicyclic) bond motifs is 1. The first-order chi connectivity index (χ1) is 8.24. The van der Waals surface area contributed by atoms with E-state index in [-0.39, 0.29) is 0 Å². The van der Waals surface area contributed by atoms with E-state index in [4.69, 9.17) is 6.42 Å². The van der Waals surface area contributed by atoms with Gasteiger partial charge < -0.3 is 0 Å². The first-order valence-electron chi connectivity index (χ1n) is 7.09. The smallest absolute Gasteiger partial charge is 0.00547 e.